The number of likely N-dealkylation sites (tertiary alicyclic amines) is 1. The Kier molecular flexibility index (Phi) is 8.80. The van der Waals surface area contributed by atoms with Crippen molar-refractivity contribution in [1.82, 2.24) is 19.0 Å². The number of carbonyl (C=O) groups excluding carboxylic acids is 1. The van der Waals surface area contributed by atoms with Crippen LogP contribution < -0.4 is 4.74 Å². The molecule has 1 aromatic rings. The second kappa shape index (κ2) is 11.7. The van der Waals surface area contributed by atoms with Crippen molar-refractivity contribution < 1.29 is 22.7 Å². The van der Waals surface area contributed by atoms with E-state index < -0.39 is 10.0 Å². The minimum absolute atomic E-state index is 0.0848. The van der Waals surface area contributed by atoms with Gasteiger partial charge in [-0.3, -0.25) is 4.90 Å². The Bertz CT molecular complexity index is 994. The Labute approximate surface area is 216 Å². The molecule has 1 amide bonds. The zero-order chi connectivity index (χ0) is 25.9. The number of hydrogen-bond acceptors (Lipinski definition) is 7. The molecule has 3 saturated heterocycles. The van der Waals surface area contributed by atoms with E-state index in [1.165, 1.54) is 12.8 Å². The molecule has 1 unspecified atom stereocenters. The SMILES string of the molecule is COc1cc(C)c(S(=O)(=O)N2CCCCC2COC(=O)N2CCN(C3CCN(C)CC3)CC2)c(C)c1. The molecule has 9 nitrogen and oxygen atoms in total. The molecule has 3 aliphatic rings. The maximum atomic E-state index is 13.7. The van der Waals surface area contributed by atoms with Crippen LogP contribution in [0.15, 0.2) is 17.0 Å². The first kappa shape index (κ1) is 27.2. The lowest BCUT2D eigenvalue weighted by Crippen LogP contribution is -2.54. The molecule has 1 aromatic carbocycles. The summed E-state index contributed by atoms with van der Waals surface area (Å²) in [5, 5.41) is 0. The highest BCUT2D eigenvalue weighted by atomic mass is 32.2. The summed E-state index contributed by atoms with van der Waals surface area (Å²) in [5.74, 6) is 0.643. The van der Waals surface area contributed by atoms with Crippen molar-refractivity contribution >= 4 is 16.1 Å². The summed E-state index contributed by atoms with van der Waals surface area (Å²) in [7, 11) is 0.0130. The highest BCUT2D eigenvalue weighted by Gasteiger charge is 2.37. The molecule has 3 fully saturated rings. The van der Waals surface area contributed by atoms with Crippen LogP contribution in [0.1, 0.15) is 43.2 Å². The van der Waals surface area contributed by atoms with E-state index >= 15 is 0 Å². The number of rotatable bonds is 6. The highest BCUT2D eigenvalue weighted by molar-refractivity contribution is 7.89. The molecule has 202 valence electrons. The fraction of sp³-hybridized carbons (Fsp3) is 0.731. The van der Waals surface area contributed by atoms with Gasteiger partial charge in [0.1, 0.15) is 12.4 Å². The number of benzene rings is 1. The Hall–Kier alpha value is -1.88. The first-order valence-corrected chi connectivity index (χ1v) is 14.7. The molecule has 0 aromatic heterocycles. The zero-order valence-corrected chi connectivity index (χ0v) is 23.1. The number of piperidine rings is 2. The van der Waals surface area contributed by atoms with Gasteiger partial charge in [-0.1, -0.05) is 6.42 Å². The van der Waals surface area contributed by atoms with Gasteiger partial charge in [0.25, 0.3) is 0 Å². The van der Waals surface area contributed by atoms with Crippen LogP contribution in [-0.4, -0.2) is 112 Å². The Balaban J connectivity index is 1.35. The molecule has 0 aliphatic carbocycles. The van der Waals surface area contributed by atoms with E-state index in [2.05, 4.69) is 16.8 Å². The molecule has 0 saturated carbocycles. The van der Waals surface area contributed by atoms with Crippen LogP contribution >= 0.6 is 0 Å². The third-order valence-corrected chi connectivity index (χ3v) is 10.2. The second-order valence-corrected chi connectivity index (χ2v) is 12.3. The molecule has 36 heavy (non-hydrogen) atoms. The van der Waals surface area contributed by atoms with E-state index in [-0.39, 0.29) is 18.7 Å². The van der Waals surface area contributed by atoms with Gasteiger partial charge in [0, 0.05) is 38.8 Å². The van der Waals surface area contributed by atoms with Crippen LogP contribution in [0.4, 0.5) is 4.79 Å². The van der Waals surface area contributed by atoms with E-state index in [1.54, 1.807) is 42.3 Å². The summed E-state index contributed by atoms with van der Waals surface area (Å²) < 4.78 is 40.0. The quantitative estimate of drug-likeness (QED) is 0.568. The number of ether oxygens (including phenoxy) is 2. The van der Waals surface area contributed by atoms with Crippen molar-refractivity contribution in [2.24, 2.45) is 0 Å². The summed E-state index contributed by atoms with van der Waals surface area (Å²) in [6.07, 6.45) is 4.43. The lowest BCUT2D eigenvalue weighted by molar-refractivity contribution is 0.0391. The number of methoxy groups -OCH3 is 1. The maximum Gasteiger partial charge on any atom is 0.409 e. The monoisotopic (exact) mass is 522 g/mol. The Morgan fingerprint density at radius 1 is 0.944 bits per heavy atom. The molecular formula is C26H42N4O5S. The molecule has 0 bridgehead atoms. The lowest BCUT2D eigenvalue weighted by atomic mass is 10.0. The smallest absolute Gasteiger partial charge is 0.409 e. The van der Waals surface area contributed by atoms with Gasteiger partial charge in [0.15, 0.2) is 0 Å². The third-order valence-electron chi connectivity index (χ3n) is 7.99. The minimum Gasteiger partial charge on any atom is -0.497 e. The number of aryl methyl sites for hydroxylation is 2. The van der Waals surface area contributed by atoms with Crippen molar-refractivity contribution in [1.29, 1.82) is 0 Å². The molecule has 4 rings (SSSR count). The van der Waals surface area contributed by atoms with Crippen LogP contribution in [0, 0.1) is 13.8 Å². The number of amides is 1. The van der Waals surface area contributed by atoms with E-state index in [0.29, 0.717) is 53.9 Å². The van der Waals surface area contributed by atoms with Gasteiger partial charge >= 0.3 is 6.09 Å². The highest BCUT2D eigenvalue weighted by Crippen LogP contribution is 2.32. The topological polar surface area (TPSA) is 82.6 Å². The average molecular weight is 523 g/mol. The van der Waals surface area contributed by atoms with Gasteiger partial charge in [-0.2, -0.15) is 4.31 Å². The minimum atomic E-state index is -3.73. The fourth-order valence-electron chi connectivity index (χ4n) is 5.90. The van der Waals surface area contributed by atoms with Gasteiger partial charge in [-0.15, -0.1) is 0 Å². The van der Waals surface area contributed by atoms with Crippen LogP contribution in [0.5, 0.6) is 5.75 Å². The largest absolute Gasteiger partial charge is 0.497 e. The standard InChI is InChI=1S/C26H42N4O5S/c1-20-17-24(34-4)18-21(2)25(20)36(32,33)30-10-6-5-7-23(30)19-35-26(31)29-15-13-28(14-16-29)22-8-11-27(3)12-9-22/h17-18,22-23H,5-16,19H2,1-4H3. The van der Waals surface area contributed by atoms with Crippen LogP contribution in [0.3, 0.4) is 0 Å². The van der Waals surface area contributed by atoms with Gasteiger partial charge in [-0.25, -0.2) is 13.2 Å². The third kappa shape index (κ3) is 5.98. The van der Waals surface area contributed by atoms with Gasteiger partial charge < -0.3 is 19.3 Å². The molecule has 0 radical (unpaired) electrons. The van der Waals surface area contributed by atoms with Gasteiger partial charge in [0.05, 0.1) is 18.0 Å². The van der Waals surface area contributed by atoms with E-state index in [4.69, 9.17) is 9.47 Å². The summed E-state index contributed by atoms with van der Waals surface area (Å²) in [4.78, 5) is 19.8. The summed E-state index contributed by atoms with van der Waals surface area (Å²) in [6.45, 7) is 9.41. The molecule has 3 aliphatic heterocycles. The molecule has 10 heteroatoms. The van der Waals surface area contributed by atoms with Crippen molar-refractivity contribution in [3.05, 3.63) is 23.3 Å². The molecular weight excluding hydrogens is 480 g/mol. The Morgan fingerprint density at radius 2 is 1.58 bits per heavy atom. The number of carbonyl (C=O) groups is 1. The average Bonchev–Trinajstić information content (AvgIpc) is 2.87. The van der Waals surface area contributed by atoms with E-state index in [9.17, 15) is 13.2 Å². The van der Waals surface area contributed by atoms with E-state index in [1.807, 2.05) is 0 Å². The van der Waals surface area contributed by atoms with Crippen LogP contribution in [0.2, 0.25) is 0 Å². The summed E-state index contributed by atoms with van der Waals surface area (Å²) in [6, 6.07) is 3.76. The first-order chi connectivity index (χ1) is 17.2. The predicted octanol–water partition coefficient (Wildman–Crippen LogP) is 2.70. The molecule has 3 heterocycles. The number of sulfonamides is 1. The molecule has 0 N–H and O–H groups in total. The van der Waals surface area contributed by atoms with Crippen molar-refractivity contribution in [2.75, 3.05) is 66.6 Å². The second-order valence-electron chi connectivity index (χ2n) is 10.5. The number of piperazine rings is 1. The van der Waals surface area contributed by atoms with Crippen LogP contribution in [-0.2, 0) is 14.8 Å². The lowest BCUT2D eigenvalue weighted by Gasteiger charge is -2.42. The zero-order valence-electron chi connectivity index (χ0n) is 22.2. The number of hydrogen-bond donors (Lipinski definition) is 0. The fourth-order valence-corrected chi connectivity index (χ4v) is 7.99. The summed E-state index contributed by atoms with van der Waals surface area (Å²) >= 11 is 0. The van der Waals surface area contributed by atoms with Gasteiger partial charge in [0.2, 0.25) is 10.0 Å². The normalized spacial score (nSPS) is 23.6. The maximum absolute atomic E-state index is 13.7. The van der Waals surface area contributed by atoms with E-state index in [0.717, 1.165) is 39.0 Å². The molecule has 0 spiro atoms. The molecule has 1 atom stereocenters. The van der Waals surface area contributed by atoms with Crippen LogP contribution in [0.25, 0.3) is 0 Å². The van der Waals surface area contributed by atoms with Gasteiger partial charge in [-0.05, 0) is 82.9 Å². The Morgan fingerprint density at radius 3 is 2.19 bits per heavy atom. The van der Waals surface area contributed by atoms with Crippen molar-refractivity contribution in [3.8, 4) is 5.75 Å². The number of nitrogens with zero attached hydrogens (tertiary/aromatic N) is 4. The predicted molar refractivity (Wildman–Crippen MR) is 139 cm³/mol. The summed E-state index contributed by atoms with van der Waals surface area (Å²) in [5.41, 5.74) is 1.33. The first-order valence-electron chi connectivity index (χ1n) is 13.2. The van der Waals surface area contributed by atoms with Crippen molar-refractivity contribution in [2.45, 2.75) is 62.9 Å². The van der Waals surface area contributed by atoms with Crippen molar-refractivity contribution in [3.63, 3.8) is 0 Å².